The first-order chi connectivity index (χ1) is 18.4. The summed E-state index contributed by atoms with van der Waals surface area (Å²) in [6, 6.07) is 23.2. The largest absolute Gasteiger partial charge is 0.379 e. The zero-order valence-electron chi connectivity index (χ0n) is 21.7. The van der Waals surface area contributed by atoms with Crippen LogP contribution in [0.25, 0.3) is 6.08 Å². The Kier molecular flexibility index (Phi) is 10.3. The van der Waals surface area contributed by atoms with Crippen molar-refractivity contribution >= 4 is 33.3 Å². The van der Waals surface area contributed by atoms with Crippen LogP contribution < -0.4 is 0 Å². The number of thiophene rings is 1. The van der Waals surface area contributed by atoms with E-state index in [0.29, 0.717) is 32.8 Å². The number of amides is 1. The van der Waals surface area contributed by atoms with Gasteiger partial charge >= 0.3 is 0 Å². The molecule has 202 valence electrons. The number of ether oxygens (including phenoxy) is 1. The maximum Gasteiger partial charge on any atom is 0.238 e. The van der Waals surface area contributed by atoms with E-state index in [2.05, 4.69) is 4.90 Å². The fraction of sp³-hybridized carbons (Fsp3) is 0.345. The van der Waals surface area contributed by atoms with E-state index in [1.165, 1.54) is 14.6 Å². The first-order valence-corrected chi connectivity index (χ1v) is 15.1. The van der Waals surface area contributed by atoms with E-state index in [9.17, 15) is 13.2 Å². The molecule has 0 N–H and O–H groups in total. The van der Waals surface area contributed by atoms with Gasteiger partial charge in [-0.1, -0.05) is 60.7 Å². The van der Waals surface area contributed by atoms with Crippen LogP contribution in [-0.4, -0.2) is 74.4 Å². The lowest BCUT2D eigenvalue weighted by Gasteiger charge is -2.30. The fourth-order valence-electron chi connectivity index (χ4n) is 4.23. The average molecular weight is 554 g/mol. The normalized spacial score (nSPS) is 14.8. The van der Waals surface area contributed by atoms with Gasteiger partial charge in [-0.15, -0.1) is 11.3 Å². The minimum atomic E-state index is -3.84. The van der Waals surface area contributed by atoms with E-state index in [-0.39, 0.29) is 19.0 Å². The Morgan fingerprint density at radius 3 is 2.32 bits per heavy atom. The van der Waals surface area contributed by atoms with Crippen LogP contribution in [0.2, 0.25) is 0 Å². The van der Waals surface area contributed by atoms with Crippen molar-refractivity contribution in [2.24, 2.45) is 0 Å². The van der Waals surface area contributed by atoms with E-state index >= 15 is 0 Å². The summed E-state index contributed by atoms with van der Waals surface area (Å²) >= 11 is 1.65. The number of nitrogens with zero attached hydrogens (tertiary/aromatic N) is 3. The molecule has 7 nitrogen and oxygen atoms in total. The third-order valence-corrected chi connectivity index (χ3v) is 8.88. The highest BCUT2D eigenvalue weighted by atomic mass is 32.2. The summed E-state index contributed by atoms with van der Waals surface area (Å²) in [5.41, 5.74) is 1.79. The lowest BCUT2D eigenvalue weighted by atomic mass is 10.2. The Morgan fingerprint density at radius 2 is 1.66 bits per heavy atom. The summed E-state index contributed by atoms with van der Waals surface area (Å²) in [5, 5.41) is 1.21. The van der Waals surface area contributed by atoms with Crippen molar-refractivity contribution in [3.8, 4) is 0 Å². The first-order valence-electron chi connectivity index (χ1n) is 12.8. The summed E-state index contributed by atoms with van der Waals surface area (Å²) in [7, 11) is -3.84. The van der Waals surface area contributed by atoms with Crippen molar-refractivity contribution in [3.05, 3.63) is 99.1 Å². The van der Waals surface area contributed by atoms with Crippen LogP contribution in [0, 0.1) is 6.92 Å². The highest BCUT2D eigenvalue weighted by molar-refractivity contribution is 7.92. The van der Waals surface area contributed by atoms with Gasteiger partial charge in [0.2, 0.25) is 15.9 Å². The Hall–Kier alpha value is -2.82. The molecule has 0 spiro atoms. The number of morpholine rings is 1. The zero-order valence-corrected chi connectivity index (χ0v) is 23.4. The van der Waals surface area contributed by atoms with E-state index in [4.69, 9.17) is 4.74 Å². The maximum atomic E-state index is 13.7. The second-order valence-electron chi connectivity index (χ2n) is 9.29. The molecule has 0 unspecified atom stereocenters. The molecule has 1 fully saturated rings. The molecule has 1 aromatic heterocycles. The van der Waals surface area contributed by atoms with Crippen LogP contribution in [0.15, 0.2) is 78.2 Å². The number of aryl methyl sites for hydroxylation is 1. The van der Waals surface area contributed by atoms with E-state index in [1.807, 2.05) is 79.7 Å². The van der Waals surface area contributed by atoms with Crippen molar-refractivity contribution in [3.63, 3.8) is 0 Å². The molecule has 1 amide bonds. The van der Waals surface area contributed by atoms with Gasteiger partial charge in [-0.05, 0) is 36.3 Å². The molecular weight excluding hydrogens is 518 g/mol. The Labute approximate surface area is 230 Å². The van der Waals surface area contributed by atoms with Crippen LogP contribution in [0.4, 0.5) is 0 Å². The molecule has 3 aromatic rings. The van der Waals surface area contributed by atoms with Crippen molar-refractivity contribution in [2.75, 3.05) is 45.9 Å². The van der Waals surface area contributed by atoms with Gasteiger partial charge in [0, 0.05) is 47.9 Å². The number of carbonyl (C=O) groups excluding carboxylic acids is 1. The molecule has 2 aromatic carbocycles. The van der Waals surface area contributed by atoms with Gasteiger partial charge in [-0.3, -0.25) is 9.69 Å². The maximum absolute atomic E-state index is 13.7. The number of rotatable bonds is 12. The third kappa shape index (κ3) is 8.61. The molecule has 1 aliphatic rings. The molecule has 1 saturated heterocycles. The van der Waals surface area contributed by atoms with Crippen LogP contribution in [0.3, 0.4) is 0 Å². The molecule has 38 heavy (non-hydrogen) atoms. The summed E-state index contributed by atoms with van der Waals surface area (Å²) in [6.07, 6.45) is 1.58. The van der Waals surface area contributed by atoms with Gasteiger partial charge in [0.1, 0.15) is 0 Å². The van der Waals surface area contributed by atoms with Crippen LogP contribution in [0.5, 0.6) is 0 Å². The number of sulfonamides is 1. The molecule has 0 bridgehead atoms. The highest BCUT2D eigenvalue weighted by Crippen LogP contribution is 2.19. The SMILES string of the molecule is Cc1ccc(CN(Cc2ccccc2)C(=O)CN(CCN2CCOCC2)S(=O)(=O)/C=C/c2ccccc2)s1. The van der Waals surface area contributed by atoms with Crippen molar-refractivity contribution in [2.45, 2.75) is 20.0 Å². The molecule has 0 atom stereocenters. The Morgan fingerprint density at radius 1 is 0.974 bits per heavy atom. The van der Waals surface area contributed by atoms with Crippen LogP contribution >= 0.6 is 11.3 Å². The topological polar surface area (TPSA) is 70.2 Å². The molecular formula is C29H35N3O4S2. The lowest BCUT2D eigenvalue weighted by Crippen LogP contribution is -2.46. The predicted octanol–water partition coefficient (Wildman–Crippen LogP) is 4.22. The standard InChI is InChI=1S/C29H35N3O4S2/c1-25-12-13-28(37-25)23-31(22-27-10-6-3-7-11-27)29(33)24-32(16-15-30-17-19-36-20-18-30)38(34,35)21-14-26-8-4-2-5-9-26/h2-14,21H,15-20,22-24H2,1H3/b21-14+. The van der Waals surface area contributed by atoms with Gasteiger partial charge < -0.3 is 9.64 Å². The zero-order chi connectivity index (χ0) is 26.8. The first kappa shape index (κ1) is 28.2. The number of carbonyl (C=O) groups is 1. The molecule has 0 saturated carbocycles. The Balaban J connectivity index is 1.54. The smallest absolute Gasteiger partial charge is 0.238 e. The number of hydrogen-bond acceptors (Lipinski definition) is 6. The van der Waals surface area contributed by atoms with Crippen molar-refractivity contribution < 1.29 is 17.9 Å². The van der Waals surface area contributed by atoms with Gasteiger partial charge in [0.15, 0.2) is 0 Å². The monoisotopic (exact) mass is 553 g/mol. The second-order valence-corrected chi connectivity index (χ2v) is 12.5. The van der Waals surface area contributed by atoms with Crippen molar-refractivity contribution in [1.82, 2.24) is 14.1 Å². The second kappa shape index (κ2) is 13.8. The summed E-state index contributed by atoms with van der Waals surface area (Å²) in [4.78, 5) is 19.9. The highest BCUT2D eigenvalue weighted by Gasteiger charge is 2.26. The lowest BCUT2D eigenvalue weighted by molar-refractivity contribution is -0.132. The van der Waals surface area contributed by atoms with E-state index in [0.717, 1.165) is 29.1 Å². The summed E-state index contributed by atoms with van der Waals surface area (Å²) in [6.45, 7) is 6.19. The van der Waals surface area contributed by atoms with Gasteiger partial charge in [-0.25, -0.2) is 8.42 Å². The van der Waals surface area contributed by atoms with Gasteiger partial charge in [0.25, 0.3) is 0 Å². The summed E-state index contributed by atoms with van der Waals surface area (Å²) in [5.74, 6) is -0.224. The van der Waals surface area contributed by atoms with Crippen LogP contribution in [-0.2, 0) is 32.6 Å². The molecule has 0 aliphatic carbocycles. The molecule has 9 heteroatoms. The molecule has 2 heterocycles. The Bertz CT molecular complexity index is 1290. The minimum absolute atomic E-state index is 0.219. The number of benzene rings is 2. The molecule has 4 rings (SSSR count). The van der Waals surface area contributed by atoms with Crippen LogP contribution in [0.1, 0.15) is 20.9 Å². The van der Waals surface area contributed by atoms with Crippen molar-refractivity contribution in [1.29, 1.82) is 0 Å². The third-order valence-electron chi connectivity index (χ3n) is 6.38. The number of hydrogen-bond donors (Lipinski definition) is 0. The van der Waals surface area contributed by atoms with E-state index in [1.54, 1.807) is 22.3 Å². The van der Waals surface area contributed by atoms with E-state index < -0.39 is 10.0 Å². The minimum Gasteiger partial charge on any atom is -0.379 e. The molecule has 0 radical (unpaired) electrons. The average Bonchev–Trinajstić information content (AvgIpc) is 3.35. The molecule has 1 aliphatic heterocycles. The summed E-state index contributed by atoms with van der Waals surface area (Å²) < 4.78 is 33.7. The van der Waals surface area contributed by atoms with Gasteiger partial charge in [-0.2, -0.15) is 4.31 Å². The van der Waals surface area contributed by atoms with Gasteiger partial charge in [0.05, 0.1) is 26.3 Å². The quantitative estimate of drug-likeness (QED) is 0.336. The predicted molar refractivity (Wildman–Crippen MR) is 153 cm³/mol. The fourth-order valence-corrected chi connectivity index (χ4v) is 6.27.